The van der Waals surface area contributed by atoms with Crippen LogP contribution in [0.25, 0.3) is 0 Å². The van der Waals surface area contributed by atoms with Gasteiger partial charge in [0.25, 0.3) is 0 Å². The van der Waals surface area contributed by atoms with E-state index < -0.39 is 6.61 Å². The summed E-state index contributed by atoms with van der Waals surface area (Å²) < 4.78 is 28.9. The summed E-state index contributed by atoms with van der Waals surface area (Å²) in [5, 5.41) is 3.36. The number of aromatic nitrogens is 1. The minimum atomic E-state index is -2.84. The number of ether oxygens (including phenoxy) is 1. The lowest BCUT2D eigenvalue weighted by atomic mass is 10.2. The van der Waals surface area contributed by atoms with Gasteiger partial charge in [-0.25, -0.2) is 4.98 Å². The van der Waals surface area contributed by atoms with Crippen molar-refractivity contribution >= 4 is 17.4 Å². The maximum absolute atomic E-state index is 12.2. The van der Waals surface area contributed by atoms with Crippen LogP contribution in [0, 0.1) is 0 Å². The van der Waals surface area contributed by atoms with E-state index in [0.29, 0.717) is 23.1 Å². The number of para-hydroxylation sites is 1. The van der Waals surface area contributed by atoms with Crippen molar-refractivity contribution in [2.24, 2.45) is 0 Å². The maximum atomic E-state index is 12.2. The van der Waals surface area contributed by atoms with Gasteiger partial charge in [-0.1, -0.05) is 35.9 Å². The van der Waals surface area contributed by atoms with Crippen LogP contribution in [0.3, 0.4) is 0 Å². The van der Waals surface area contributed by atoms with Gasteiger partial charge in [0.05, 0.1) is 0 Å². The fourth-order valence-corrected chi connectivity index (χ4v) is 1.72. The Hall–Kier alpha value is -1.88. The van der Waals surface area contributed by atoms with E-state index in [1.54, 1.807) is 36.4 Å². The van der Waals surface area contributed by atoms with Crippen LogP contribution in [0.4, 0.5) is 14.6 Å². The third kappa shape index (κ3) is 4.06. The van der Waals surface area contributed by atoms with E-state index >= 15 is 0 Å². The number of benzene rings is 1. The molecule has 0 bridgehead atoms. The molecule has 0 amide bonds. The number of halogens is 3. The zero-order valence-electron chi connectivity index (χ0n) is 9.82. The molecule has 0 radical (unpaired) electrons. The Kier molecular flexibility index (Phi) is 4.52. The Bertz CT molecular complexity index is 552. The zero-order valence-corrected chi connectivity index (χ0v) is 10.6. The number of anilines is 1. The molecule has 0 aliphatic heterocycles. The Balaban J connectivity index is 2.07. The van der Waals surface area contributed by atoms with Crippen molar-refractivity contribution in [3.8, 4) is 5.75 Å². The topological polar surface area (TPSA) is 34.1 Å². The molecule has 0 unspecified atom stereocenters. The summed E-state index contributed by atoms with van der Waals surface area (Å²) in [5.41, 5.74) is 0.615. The Morgan fingerprint density at radius 1 is 1.16 bits per heavy atom. The standard InChI is InChI=1S/C13H11ClF2N2O/c14-11-6-3-7-12(18-11)17-8-9-4-1-2-5-10(9)19-13(15)16/h1-7,13H,8H2,(H,17,18). The number of alkyl halides is 2. The number of nitrogens with zero attached hydrogens (tertiary/aromatic N) is 1. The van der Waals surface area contributed by atoms with Crippen LogP contribution in [-0.4, -0.2) is 11.6 Å². The van der Waals surface area contributed by atoms with Crippen molar-refractivity contribution < 1.29 is 13.5 Å². The summed E-state index contributed by atoms with van der Waals surface area (Å²) >= 11 is 5.75. The fraction of sp³-hybridized carbons (Fsp3) is 0.154. The normalized spacial score (nSPS) is 10.5. The first kappa shape index (κ1) is 13.5. The van der Waals surface area contributed by atoms with Crippen molar-refractivity contribution in [2.75, 3.05) is 5.32 Å². The van der Waals surface area contributed by atoms with Crippen molar-refractivity contribution in [1.82, 2.24) is 4.98 Å². The van der Waals surface area contributed by atoms with Crippen molar-refractivity contribution in [3.63, 3.8) is 0 Å². The van der Waals surface area contributed by atoms with Crippen molar-refractivity contribution in [3.05, 3.63) is 53.2 Å². The maximum Gasteiger partial charge on any atom is 0.387 e. The lowest BCUT2D eigenvalue weighted by molar-refractivity contribution is -0.0504. The number of hydrogen-bond acceptors (Lipinski definition) is 3. The van der Waals surface area contributed by atoms with E-state index in [0.717, 1.165) is 0 Å². The first-order chi connectivity index (χ1) is 9.15. The van der Waals surface area contributed by atoms with Gasteiger partial charge in [-0.15, -0.1) is 0 Å². The van der Waals surface area contributed by atoms with Crippen LogP contribution >= 0.6 is 11.6 Å². The molecule has 1 heterocycles. The predicted molar refractivity (Wildman–Crippen MR) is 69.6 cm³/mol. The molecule has 2 aromatic rings. The smallest absolute Gasteiger partial charge is 0.387 e. The number of hydrogen-bond donors (Lipinski definition) is 1. The van der Waals surface area contributed by atoms with Crippen molar-refractivity contribution in [2.45, 2.75) is 13.2 Å². The molecule has 1 aromatic carbocycles. The second-order valence-electron chi connectivity index (χ2n) is 3.69. The molecule has 3 nitrogen and oxygen atoms in total. The van der Waals surface area contributed by atoms with Gasteiger partial charge in [-0.2, -0.15) is 8.78 Å². The second kappa shape index (κ2) is 6.33. The highest BCUT2D eigenvalue weighted by Crippen LogP contribution is 2.21. The average Bonchev–Trinajstić information content (AvgIpc) is 2.37. The quantitative estimate of drug-likeness (QED) is 0.844. The third-order valence-electron chi connectivity index (χ3n) is 2.36. The molecule has 0 atom stereocenters. The van der Waals surface area contributed by atoms with E-state index in [-0.39, 0.29) is 5.75 Å². The molecular formula is C13H11ClF2N2O. The molecule has 2 rings (SSSR count). The Labute approximate surface area is 114 Å². The first-order valence-electron chi connectivity index (χ1n) is 5.54. The molecule has 1 N–H and O–H groups in total. The molecule has 1 aromatic heterocycles. The minimum Gasteiger partial charge on any atom is -0.434 e. The molecule has 19 heavy (non-hydrogen) atoms. The SMILES string of the molecule is FC(F)Oc1ccccc1CNc1cccc(Cl)n1. The monoisotopic (exact) mass is 284 g/mol. The minimum absolute atomic E-state index is 0.145. The molecule has 0 fully saturated rings. The van der Waals surface area contributed by atoms with Crippen LogP contribution in [0.5, 0.6) is 5.75 Å². The lowest BCUT2D eigenvalue weighted by Crippen LogP contribution is -2.07. The molecule has 0 saturated heterocycles. The molecule has 0 saturated carbocycles. The van der Waals surface area contributed by atoms with E-state index in [9.17, 15) is 8.78 Å². The Morgan fingerprint density at radius 3 is 2.68 bits per heavy atom. The molecule has 0 aliphatic rings. The zero-order chi connectivity index (χ0) is 13.7. The summed E-state index contributed by atoms with van der Waals surface area (Å²) in [6.07, 6.45) is 0. The second-order valence-corrected chi connectivity index (χ2v) is 4.07. The van der Waals surface area contributed by atoms with Gasteiger partial charge in [0, 0.05) is 12.1 Å². The average molecular weight is 285 g/mol. The molecule has 0 spiro atoms. The van der Waals surface area contributed by atoms with Gasteiger partial charge in [0.1, 0.15) is 16.7 Å². The van der Waals surface area contributed by atoms with E-state index in [2.05, 4.69) is 15.0 Å². The summed E-state index contributed by atoms with van der Waals surface area (Å²) in [6.45, 7) is -2.53. The Morgan fingerprint density at radius 2 is 1.95 bits per heavy atom. The van der Waals surface area contributed by atoms with Crippen LogP contribution in [0.2, 0.25) is 5.15 Å². The highest BCUT2D eigenvalue weighted by molar-refractivity contribution is 6.29. The number of pyridine rings is 1. The molecule has 100 valence electrons. The highest BCUT2D eigenvalue weighted by Gasteiger charge is 2.08. The van der Waals surface area contributed by atoms with Crippen LogP contribution in [0.15, 0.2) is 42.5 Å². The summed E-state index contributed by atoms with van der Waals surface area (Å²) in [5.74, 6) is 0.714. The van der Waals surface area contributed by atoms with Gasteiger partial charge in [-0.05, 0) is 18.2 Å². The summed E-state index contributed by atoms with van der Waals surface area (Å²) in [7, 11) is 0. The lowest BCUT2D eigenvalue weighted by Gasteiger charge is -2.11. The molecule has 0 aliphatic carbocycles. The summed E-state index contributed by atoms with van der Waals surface area (Å²) in [6, 6.07) is 11.7. The number of nitrogens with one attached hydrogen (secondary N) is 1. The largest absolute Gasteiger partial charge is 0.434 e. The molecular weight excluding hydrogens is 274 g/mol. The van der Waals surface area contributed by atoms with E-state index in [1.807, 2.05) is 0 Å². The van der Waals surface area contributed by atoms with E-state index in [4.69, 9.17) is 11.6 Å². The van der Waals surface area contributed by atoms with Crippen LogP contribution in [-0.2, 0) is 6.54 Å². The van der Waals surface area contributed by atoms with Gasteiger partial charge in [-0.3, -0.25) is 0 Å². The number of rotatable bonds is 5. The third-order valence-corrected chi connectivity index (χ3v) is 2.57. The highest BCUT2D eigenvalue weighted by atomic mass is 35.5. The first-order valence-corrected chi connectivity index (χ1v) is 5.92. The van der Waals surface area contributed by atoms with E-state index in [1.165, 1.54) is 6.07 Å². The molecule has 6 heteroatoms. The van der Waals surface area contributed by atoms with Gasteiger partial charge >= 0.3 is 6.61 Å². The van der Waals surface area contributed by atoms with Crippen LogP contribution < -0.4 is 10.1 Å². The van der Waals surface area contributed by atoms with Gasteiger partial charge in [0.2, 0.25) is 0 Å². The fourth-order valence-electron chi connectivity index (χ4n) is 1.55. The van der Waals surface area contributed by atoms with Crippen molar-refractivity contribution in [1.29, 1.82) is 0 Å². The van der Waals surface area contributed by atoms with Gasteiger partial charge < -0.3 is 10.1 Å². The summed E-state index contributed by atoms with van der Waals surface area (Å²) in [4.78, 5) is 4.04. The predicted octanol–water partition coefficient (Wildman–Crippen LogP) is 3.95. The van der Waals surface area contributed by atoms with Crippen LogP contribution in [0.1, 0.15) is 5.56 Å². The van der Waals surface area contributed by atoms with Gasteiger partial charge in [0.15, 0.2) is 0 Å².